The third-order valence-electron chi connectivity index (χ3n) is 4.20. The zero-order valence-corrected chi connectivity index (χ0v) is 15.1. The number of fused-ring (bicyclic) bond motifs is 1. The lowest BCUT2D eigenvalue weighted by Gasteiger charge is -2.20. The van der Waals surface area contributed by atoms with Crippen LogP contribution >= 0.6 is 0 Å². The number of pyridine rings is 1. The molecule has 10 nitrogen and oxygen atoms in total. The number of aliphatic imine (C=N–C) groups is 1. The molecule has 28 heavy (non-hydrogen) atoms. The van der Waals surface area contributed by atoms with E-state index >= 15 is 0 Å². The second kappa shape index (κ2) is 6.64. The quantitative estimate of drug-likeness (QED) is 0.571. The Morgan fingerprint density at radius 2 is 2.18 bits per heavy atom. The highest BCUT2D eigenvalue weighted by Crippen LogP contribution is 2.34. The fraction of sp³-hybridized carbons (Fsp3) is 0.188. The van der Waals surface area contributed by atoms with Crippen molar-refractivity contribution in [3.63, 3.8) is 0 Å². The molecule has 0 unspecified atom stereocenters. The summed E-state index contributed by atoms with van der Waals surface area (Å²) in [7, 11) is -4.22. The number of phenols is 1. The van der Waals surface area contributed by atoms with Crippen LogP contribution in [0.3, 0.4) is 0 Å². The van der Waals surface area contributed by atoms with Gasteiger partial charge < -0.3 is 15.7 Å². The van der Waals surface area contributed by atoms with Crippen molar-refractivity contribution in [2.45, 2.75) is 13.1 Å². The number of hydrogen-bond donors (Lipinski definition) is 4. The molecule has 1 saturated heterocycles. The van der Waals surface area contributed by atoms with Gasteiger partial charge in [-0.2, -0.15) is 8.42 Å². The molecule has 4 N–H and O–H groups in total. The van der Waals surface area contributed by atoms with E-state index in [0.29, 0.717) is 22.4 Å². The summed E-state index contributed by atoms with van der Waals surface area (Å²) in [6.07, 6.45) is 3.35. The Balaban J connectivity index is 1.50. The molecule has 1 aromatic carbocycles. The largest absolute Gasteiger partial charge is 0.506 e. The predicted molar refractivity (Wildman–Crippen MR) is 98.3 cm³/mol. The molecular weight excluding hydrogens is 391 g/mol. The number of amides is 1. The minimum absolute atomic E-state index is 0.126. The summed E-state index contributed by atoms with van der Waals surface area (Å²) in [5, 5.41) is 16.2. The molecule has 12 heteroatoms. The molecule has 1 fully saturated rings. The van der Waals surface area contributed by atoms with Crippen molar-refractivity contribution in [3.8, 4) is 5.75 Å². The number of carbonyl (C=O) groups is 1. The number of hydrogen-bond acceptors (Lipinski definition) is 8. The normalized spacial score (nSPS) is 17.4. The maximum Gasteiger partial charge on any atom is 0.326 e. The summed E-state index contributed by atoms with van der Waals surface area (Å²) in [4.78, 5) is 19.7. The maximum atomic E-state index is 14.5. The molecule has 2 aliphatic rings. The summed E-state index contributed by atoms with van der Waals surface area (Å²) >= 11 is 0. The van der Waals surface area contributed by atoms with Crippen molar-refractivity contribution in [2.75, 3.05) is 16.2 Å². The van der Waals surface area contributed by atoms with Crippen LogP contribution in [0.1, 0.15) is 11.1 Å². The van der Waals surface area contributed by atoms with Gasteiger partial charge in [0, 0.05) is 30.2 Å². The minimum Gasteiger partial charge on any atom is -0.506 e. The average molecular weight is 406 g/mol. The molecule has 0 aliphatic carbocycles. The second-order valence-electron chi connectivity index (χ2n) is 6.16. The second-order valence-corrected chi connectivity index (χ2v) is 7.75. The monoisotopic (exact) mass is 406 g/mol. The van der Waals surface area contributed by atoms with Gasteiger partial charge in [-0.05, 0) is 23.8 Å². The fourth-order valence-electron chi connectivity index (χ4n) is 2.93. The van der Waals surface area contributed by atoms with Crippen molar-refractivity contribution < 1.29 is 22.7 Å². The van der Waals surface area contributed by atoms with E-state index in [0.717, 1.165) is 17.3 Å². The third kappa shape index (κ3) is 3.29. The predicted octanol–water partition coefficient (Wildman–Crippen LogP) is 0.179. The molecule has 2 aliphatic heterocycles. The van der Waals surface area contributed by atoms with Gasteiger partial charge in [0.15, 0.2) is 11.8 Å². The number of nitrogens with one attached hydrogen (secondary N) is 3. The number of anilines is 2. The van der Waals surface area contributed by atoms with E-state index < -0.39 is 39.9 Å². The van der Waals surface area contributed by atoms with Crippen molar-refractivity contribution in [1.82, 2.24) is 15.0 Å². The van der Waals surface area contributed by atoms with Crippen molar-refractivity contribution in [1.29, 1.82) is 0 Å². The van der Waals surface area contributed by atoms with E-state index in [1.165, 1.54) is 6.07 Å². The Bertz CT molecular complexity index is 1080. The molecule has 0 radical (unpaired) electrons. The molecule has 4 rings (SSSR count). The topological polar surface area (TPSA) is 136 Å². The van der Waals surface area contributed by atoms with Crippen LogP contribution in [-0.4, -0.2) is 36.9 Å². The molecule has 1 amide bonds. The third-order valence-corrected chi connectivity index (χ3v) is 5.57. The van der Waals surface area contributed by atoms with E-state index in [2.05, 4.69) is 20.6 Å². The van der Waals surface area contributed by atoms with Crippen LogP contribution in [0.5, 0.6) is 5.75 Å². The molecular formula is C16H15FN6O4S. The SMILES string of the molecule is O=C1CN(c2c(O)cc(CNC3=NCc4cnccc4N3)cc2F)S(=O)(=O)N1. The fourth-order valence-corrected chi connectivity index (χ4v) is 4.10. The lowest BCUT2D eigenvalue weighted by Crippen LogP contribution is -2.33. The number of benzene rings is 1. The molecule has 146 valence electrons. The van der Waals surface area contributed by atoms with Gasteiger partial charge in [-0.25, -0.2) is 18.4 Å². The van der Waals surface area contributed by atoms with Crippen LogP contribution in [0.25, 0.3) is 0 Å². The van der Waals surface area contributed by atoms with E-state index in [1.807, 2.05) is 0 Å². The van der Waals surface area contributed by atoms with Gasteiger partial charge in [0.1, 0.15) is 18.0 Å². The minimum atomic E-state index is -4.22. The van der Waals surface area contributed by atoms with Gasteiger partial charge in [0.05, 0.1) is 6.54 Å². The number of aromatic hydroxyl groups is 1. The van der Waals surface area contributed by atoms with Gasteiger partial charge >= 0.3 is 10.2 Å². The summed E-state index contributed by atoms with van der Waals surface area (Å²) in [6.45, 7) is -0.0365. The summed E-state index contributed by atoms with van der Waals surface area (Å²) in [5.74, 6) is -1.89. The van der Waals surface area contributed by atoms with Crippen LogP contribution in [0.2, 0.25) is 0 Å². The highest BCUT2D eigenvalue weighted by Gasteiger charge is 2.37. The van der Waals surface area contributed by atoms with Gasteiger partial charge in [-0.1, -0.05) is 0 Å². The first kappa shape index (κ1) is 18.0. The van der Waals surface area contributed by atoms with Gasteiger partial charge in [-0.15, -0.1) is 0 Å². The molecule has 0 atom stereocenters. The highest BCUT2D eigenvalue weighted by molar-refractivity contribution is 7.92. The average Bonchev–Trinajstić information content (AvgIpc) is 2.91. The van der Waals surface area contributed by atoms with E-state index in [-0.39, 0.29) is 6.54 Å². The van der Waals surface area contributed by atoms with Crippen LogP contribution in [0.15, 0.2) is 35.6 Å². The van der Waals surface area contributed by atoms with Crippen molar-refractivity contribution >= 4 is 33.5 Å². The van der Waals surface area contributed by atoms with Crippen molar-refractivity contribution in [3.05, 3.63) is 47.5 Å². The number of phenolic OH excluding ortho intramolecular Hbond substituents is 1. The zero-order chi connectivity index (χ0) is 19.9. The number of rotatable bonds is 3. The first-order valence-corrected chi connectivity index (χ1v) is 9.60. The zero-order valence-electron chi connectivity index (χ0n) is 14.3. The number of halogens is 1. The van der Waals surface area contributed by atoms with Crippen LogP contribution in [-0.2, 0) is 28.1 Å². The van der Waals surface area contributed by atoms with Gasteiger partial charge in [0.25, 0.3) is 5.91 Å². The van der Waals surface area contributed by atoms with E-state index in [1.54, 1.807) is 23.2 Å². The van der Waals surface area contributed by atoms with Crippen LogP contribution in [0.4, 0.5) is 15.8 Å². The van der Waals surface area contributed by atoms with Gasteiger partial charge in [-0.3, -0.25) is 9.78 Å². The lowest BCUT2D eigenvalue weighted by molar-refractivity contribution is -0.117. The summed E-state index contributed by atoms with van der Waals surface area (Å²) in [5.41, 5.74) is 1.58. The Labute approximate surface area is 159 Å². The summed E-state index contributed by atoms with van der Waals surface area (Å²) in [6, 6.07) is 4.12. The molecule has 3 heterocycles. The Kier molecular flexibility index (Phi) is 4.26. The Morgan fingerprint density at radius 1 is 1.36 bits per heavy atom. The number of nitrogens with zero attached hydrogens (tertiary/aromatic N) is 3. The smallest absolute Gasteiger partial charge is 0.326 e. The van der Waals surface area contributed by atoms with Crippen LogP contribution < -0.4 is 19.7 Å². The Morgan fingerprint density at radius 3 is 2.89 bits per heavy atom. The first-order valence-electron chi connectivity index (χ1n) is 8.16. The number of aromatic nitrogens is 1. The van der Waals surface area contributed by atoms with Gasteiger partial charge in [0.2, 0.25) is 0 Å². The van der Waals surface area contributed by atoms with Crippen LogP contribution in [0, 0.1) is 5.82 Å². The van der Waals surface area contributed by atoms with E-state index in [4.69, 9.17) is 0 Å². The highest BCUT2D eigenvalue weighted by atomic mass is 32.2. The Hall–Kier alpha value is -3.41. The first-order chi connectivity index (χ1) is 13.3. The summed E-state index contributed by atoms with van der Waals surface area (Å²) < 4.78 is 40.5. The van der Waals surface area contributed by atoms with Crippen molar-refractivity contribution in [2.24, 2.45) is 4.99 Å². The number of carbonyl (C=O) groups excluding carboxylic acids is 1. The molecule has 0 saturated carbocycles. The molecule has 1 aromatic heterocycles. The maximum absolute atomic E-state index is 14.5. The lowest BCUT2D eigenvalue weighted by atomic mass is 10.1. The number of guanidine groups is 1. The molecule has 0 bridgehead atoms. The molecule has 2 aromatic rings. The van der Waals surface area contributed by atoms with E-state index in [9.17, 15) is 22.7 Å². The molecule has 0 spiro atoms. The standard InChI is InChI=1S/C16H15FN6O4S/c17-11-3-9(4-13(24)15(11)23-8-14(25)22-28(23,26)27)5-19-16-20-7-10-6-18-2-1-12(10)21-16/h1-4,6,24H,5,7-8H2,(H,22,25)(H2,19,20,21).